The number of esters is 1. The Kier molecular flexibility index (Phi) is 8.81. The van der Waals surface area contributed by atoms with E-state index in [2.05, 4.69) is 20.0 Å². The highest BCUT2D eigenvalue weighted by Gasteiger charge is 2.47. The summed E-state index contributed by atoms with van der Waals surface area (Å²) in [5, 5.41) is 13.3. The summed E-state index contributed by atoms with van der Waals surface area (Å²) in [5.74, 6) is 0.667. The topological polar surface area (TPSA) is 150 Å². The molecule has 3 heterocycles. The Labute approximate surface area is 242 Å². The number of hydrogen-bond donors (Lipinski definition) is 2. The molecule has 6 atom stereocenters. The van der Waals surface area contributed by atoms with Gasteiger partial charge in [0.25, 0.3) is 0 Å². The van der Waals surface area contributed by atoms with E-state index in [0.717, 1.165) is 12.8 Å². The fourth-order valence-corrected chi connectivity index (χ4v) is 6.15. The number of benzene rings is 1. The quantitative estimate of drug-likeness (QED) is 0.230. The van der Waals surface area contributed by atoms with Crippen molar-refractivity contribution in [1.82, 2.24) is 24.6 Å². The lowest BCUT2D eigenvalue weighted by atomic mass is 10.1. The Morgan fingerprint density at radius 3 is 2.64 bits per heavy atom. The zero-order valence-electron chi connectivity index (χ0n) is 24.1. The van der Waals surface area contributed by atoms with Crippen LogP contribution in [0.2, 0.25) is 0 Å². The number of ether oxygens (including phenoxy) is 2. The van der Waals surface area contributed by atoms with Crippen molar-refractivity contribution in [2.45, 2.75) is 83.3 Å². The summed E-state index contributed by atoms with van der Waals surface area (Å²) in [6.07, 6.45) is -2.90. The van der Waals surface area contributed by atoms with Gasteiger partial charge in [-0.1, -0.05) is 18.2 Å². The molecule has 15 heteroatoms. The van der Waals surface area contributed by atoms with E-state index in [-0.39, 0.29) is 5.75 Å². The number of halogens is 1. The number of hydrogen-bond acceptors (Lipinski definition) is 11. The molecular formula is C27H36FN6O7P. The van der Waals surface area contributed by atoms with Crippen molar-refractivity contribution in [3.63, 3.8) is 0 Å². The van der Waals surface area contributed by atoms with E-state index >= 15 is 4.39 Å². The van der Waals surface area contributed by atoms with Gasteiger partial charge in [0.2, 0.25) is 0 Å². The maximum Gasteiger partial charge on any atom is 0.459 e. The first kappa shape index (κ1) is 30.3. The third kappa shape index (κ3) is 6.57. The van der Waals surface area contributed by atoms with Crippen LogP contribution in [0.5, 0.6) is 5.75 Å². The SMILES string of the molecule is Cc1nc(N(C)C2CC2)c2ncn([C@@H]3O[C@H](CO[P@](=O)(N[C@H](C)C(=O)OC(C)C)Oc4ccccc4)[C@@H](O)[C@@H]3F)c2n1. The van der Waals surface area contributed by atoms with E-state index in [1.807, 2.05) is 11.9 Å². The lowest BCUT2D eigenvalue weighted by Crippen LogP contribution is -2.37. The number of rotatable bonds is 12. The molecule has 228 valence electrons. The van der Waals surface area contributed by atoms with Crippen molar-refractivity contribution in [3.8, 4) is 5.75 Å². The van der Waals surface area contributed by atoms with Crippen molar-refractivity contribution in [2.75, 3.05) is 18.6 Å². The highest BCUT2D eigenvalue weighted by Crippen LogP contribution is 2.46. The predicted octanol–water partition coefficient (Wildman–Crippen LogP) is 3.46. The molecule has 1 aromatic carbocycles. The number of fused-ring (bicyclic) bond motifs is 1. The van der Waals surface area contributed by atoms with Crippen molar-refractivity contribution < 1.29 is 37.4 Å². The second kappa shape index (κ2) is 12.2. The van der Waals surface area contributed by atoms with Gasteiger partial charge < -0.3 is 24.0 Å². The Morgan fingerprint density at radius 1 is 1.26 bits per heavy atom. The molecule has 2 N–H and O–H groups in total. The average molecular weight is 607 g/mol. The van der Waals surface area contributed by atoms with Gasteiger partial charge in [-0.2, -0.15) is 5.09 Å². The van der Waals surface area contributed by atoms with Gasteiger partial charge in [0.15, 0.2) is 29.4 Å². The first-order valence-corrected chi connectivity index (χ1v) is 15.4. The zero-order valence-corrected chi connectivity index (χ0v) is 25.0. The van der Waals surface area contributed by atoms with Crippen LogP contribution in [-0.4, -0.2) is 80.8 Å². The van der Waals surface area contributed by atoms with Gasteiger partial charge in [-0.05, 0) is 52.7 Å². The van der Waals surface area contributed by atoms with Gasteiger partial charge in [-0.3, -0.25) is 13.9 Å². The van der Waals surface area contributed by atoms with Gasteiger partial charge in [0, 0.05) is 13.1 Å². The third-order valence-corrected chi connectivity index (χ3v) is 8.59. The van der Waals surface area contributed by atoms with Gasteiger partial charge in [-0.25, -0.2) is 23.9 Å². The zero-order chi connectivity index (χ0) is 30.2. The summed E-state index contributed by atoms with van der Waals surface area (Å²) < 4.78 is 53.0. The van der Waals surface area contributed by atoms with Crippen LogP contribution in [0.25, 0.3) is 11.2 Å². The largest absolute Gasteiger partial charge is 0.462 e. The number of alkyl halides is 1. The van der Waals surface area contributed by atoms with E-state index in [0.29, 0.717) is 28.8 Å². The van der Waals surface area contributed by atoms with E-state index in [4.69, 9.17) is 18.5 Å². The molecule has 0 amide bonds. The summed E-state index contributed by atoms with van der Waals surface area (Å²) in [4.78, 5) is 27.9. The van der Waals surface area contributed by atoms with Crippen LogP contribution < -0.4 is 14.5 Å². The number of para-hydroxylation sites is 1. The first-order chi connectivity index (χ1) is 20.0. The van der Waals surface area contributed by atoms with Crippen molar-refractivity contribution in [1.29, 1.82) is 0 Å². The average Bonchev–Trinajstić information content (AvgIpc) is 3.65. The summed E-state index contributed by atoms with van der Waals surface area (Å²) in [7, 11) is -2.31. The first-order valence-electron chi connectivity index (χ1n) is 13.8. The van der Waals surface area contributed by atoms with Crippen LogP contribution in [0.15, 0.2) is 36.7 Å². The number of imidazole rings is 1. The number of nitrogens with zero attached hydrogens (tertiary/aromatic N) is 5. The number of nitrogens with one attached hydrogen (secondary N) is 1. The summed E-state index contributed by atoms with van der Waals surface area (Å²) in [6.45, 7) is 6.05. The molecule has 2 aliphatic rings. The smallest absolute Gasteiger partial charge is 0.459 e. The van der Waals surface area contributed by atoms with Gasteiger partial charge >= 0.3 is 13.7 Å². The normalized spacial score (nSPS) is 24.5. The molecule has 42 heavy (non-hydrogen) atoms. The number of carbonyl (C=O) groups is 1. The molecule has 0 radical (unpaired) electrons. The van der Waals surface area contributed by atoms with E-state index in [9.17, 15) is 14.5 Å². The molecule has 2 fully saturated rings. The van der Waals surface area contributed by atoms with E-state index in [1.165, 1.54) is 17.8 Å². The highest BCUT2D eigenvalue weighted by molar-refractivity contribution is 7.52. The van der Waals surface area contributed by atoms with E-state index in [1.54, 1.807) is 51.1 Å². The fourth-order valence-electron chi connectivity index (χ4n) is 4.65. The lowest BCUT2D eigenvalue weighted by Gasteiger charge is -2.25. The van der Waals surface area contributed by atoms with Crippen LogP contribution in [0.1, 0.15) is 45.7 Å². The Morgan fingerprint density at radius 2 is 1.98 bits per heavy atom. The minimum absolute atomic E-state index is 0.207. The molecular weight excluding hydrogens is 570 g/mol. The van der Waals surface area contributed by atoms with Crippen LogP contribution in [0.4, 0.5) is 10.2 Å². The number of aryl methyl sites for hydroxylation is 1. The number of carbonyl (C=O) groups excluding carboxylic acids is 1. The summed E-state index contributed by atoms with van der Waals surface area (Å²) in [5.41, 5.74) is 0.857. The third-order valence-electron chi connectivity index (χ3n) is 6.95. The van der Waals surface area contributed by atoms with Gasteiger partial charge in [0.05, 0.1) is 19.0 Å². The fraction of sp³-hybridized carbons (Fsp3) is 0.556. The number of aliphatic hydroxyl groups is 1. The van der Waals surface area contributed by atoms with Crippen molar-refractivity contribution >= 4 is 30.7 Å². The van der Waals surface area contributed by atoms with Crippen LogP contribution in [-0.2, 0) is 23.4 Å². The maximum atomic E-state index is 15.5. The summed E-state index contributed by atoms with van der Waals surface area (Å²) in [6, 6.07) is 7.52. The molecule has 1 saturated carbocycles. The highest BCUT2D eigenvalue weighted by atomic mass is 31.2. The molecule has 0 bridgehead atoms. The van der Waals surface area contributed by atoms with Crippen LogP contribution >= 0.6 is 7.75 Å². The van der Waals surface area contributed by atoms with Crippen LogP contribution in [0.3, 0.4) is 0 Å². The molecule has 0 spiro atoms. The van der Waals surface area contributed by atoms with Gasteiger partial charge in [-0.15, -0.1) is 0 Å². The lowest BCUT2D eigenvalue weighted by molar-refractivity contribution is -0.149. The maximum absolute atomic E-state index is 15.5. The molecule has 5 rings (SSSR count). The van der Waals surface area contributed by atoms with Gasteiger partial charge in [0.1, 0.15) is 29.8 Å². The Hall–Kier alpha value is -3.16. The second-order valence-electron chi connectivity index (χ2n) is 10.8. The monoisotopic (exact) mass is 606 g/mol. The second-order valence-corrected chi connectivity index (χ2v) is 12.5. The number of aromatic nitrogens is 4. The summed E-state index contributed by atoms with van der Waals surface area (Å²) >= 11 is 0. The molecule has 1 saturated heterocycles. The molecule has 1 aliphatic heterocycles. The molecule has 13 nitrogen and oxygen atoms in total. The predicted molar refractivity (Wildman–Crippen MR) is 151 cm³/mol. The van der Waals surface area contributed by atoms with Crippen molar-refractivity contribution in [2.24, 2.45) is 0 Å². The molecule has 2 aromatic heterocycles. The number of aliphatic hydroxyl groups excluding tert-OH is 1. The standard InChI is InChI=1S/C27H36FN6O7P/c1-15(2)39-27(36)16(3)32-42(37,41-19-9-7-6-8-10-19)38-13-20-23(35)21(28)26(40-20)34-14-29-22-24(33(5)18-11-12-18)30-17(4)31-25(22)34/h6-10,14-16,18,20-21,23,26,35H,11-13H2,1-5H3,(H,32,37)/t16-,20-,21+,23-,26-,42-/m1/s1. The minimum Gasteiger partial charge on any atom is -0.462 e. The van der Waals surface area contributed by atoms with Crippen molar-refractivity contribution in [3.05, 3.63) is 42.5 Å². The Bertz CT molecular complexity index is 1460. The van der Waals surface area contributed by atoms with Crippen LogP contribution in [0, 0.1) is 6.92 Å². The number of anilines is 1. The minimum atomic E-state index is -4.25. The molecule has 0 unspecified atom stereocenters. The molecule has 3 aromatic rings. The Balaban J connectivity index is 1.34. The van der Waals surface area contributed by atoms with E-state index < -0.39 is 57.1 Å². The molecule has 1 aliphatic carbocycles.